The molecule has 0 aromatic heterocycles. The van der Waals surface area contributed by atoms with E-state index in [4.69, 9.17) is 42.9 Å². The monoisotopic (exact) mass is 274 g/mol. The lowest BCUT2D eigenvalue weighted by atomic mass is 10.1. The number of carbonyl (C=O) groups excluding carboxylic acids is 1. The Morgan fingerprint density at radius 2 is 2.12 bits per heavy atom. The van der Waals surface area contributed by atoms with Crippen LogP contribution in [0.4, 0.5) is 0 Å². The second kappa shape index (κ2) is 5.48. The summed E-state index contributed by atoms with van der Waals surface area (Å²) in [6.07, 6.45) is -3.18. The molecule has 0 saturated carbocycles. The van der Waals surface area contributed by atoms with Gasteiger partial charge in [-0.2, -0.15) is 0 Å². The van der Waals surface area contributed by atoms with E-state index in [0.717, 1.165) is 0 Å². The molecule has 1 fully saturated rings. The van der Waals surface area contributed by atoms with E-state index >= 15 is 0 Å². The zero-order valence-corrected chi connectivity index (χ0v) is 9.69. The predicted octanol–water partition coefficient (Wildman–Crippen LogP) is -0.836. The minimum Gasteiger partial charge on any atom is -0.455 e. The molecule has 0 amide bonds. The summed E-state index contributed by atoms with van der Waals surface area (Å²) < 4.78 is 7.48. The number of rotatable bonds is 3. The summed E-state index contributed by atoms with van der Waals surface area (Å²) in [5, 5.41) is 27.2. The average Bonchev–Trinajstić information content (AvgIpc) is 2.22. The lowest BCUT2D eigenvalue weighted by molar-refractivity contribution is -0.209. The smallest absolute Gasteiger partial charge is 0.345 e. The number of esters is 1. The SMILES string of the molecule is O=C(O[C@H]1CO[C@@H](O)C[C@H]1O)C(Cl)(Cl)CO. The van der Waals surface area contributed by atoms with Crippen LogP contribution in [0.5, 0.6) is 0 Å². The molecule has 0 bridgehead atoms. The summed E-state index contributed by atoms with van der Waals surface area (Å²) >= 11 is 10.9. The fourth-order valence-corrected chi connectivity index (χ4v) is 1.23. The van der Waals surface area contributed by atoms with Crippen molar-refractivity contribution in [2.24, 2.45) is 0 Å². The summed E-state index contributed by atoms with van der Waals surface area (Å²) in [5.41, 5.74) is 0. The van der Waals surface area contributed by atoms with Gasteiger partial charge in [0.25, 0.3) is 0 Å². The van der Waals surface area contributed by atoms with Crippen LogP contribution >= 0.6 is 23.2 Å². The van der Waals surface area contributed by atoms with Gasteiger partial charge in [-0.05, 0) is 0 Å². The molecule has 3 atom stereocenters. The fourth-order valence-electron chi connectivity index (χ4n) is 1.14. The van der Waals surface area contributed by atoms with Gasteiger partial charge in [-0.3, -0.25) is 0 Å². The van der Waals surface area contributed by atoms with E-state index in [9.17, 15) is 9.90 Å². The quantitative estimate of drug-likeness (QED) is 0.459. The van der Waals surface area contributed by atoms with Crippen LogP contribution in [0.3, 0.4) is 0 Å². The Hall–Kier alpha value is -0.110. The van der Waals surface area contributed by atoms with Gasteiger partial charge < -0.3 is 24.8 Å². The van der Waals surface area contributed by atoms with Gasteiger partial charge in [-0.25, -0.2) is 4.79 Å². The average molecular weight is 275 g/mol. The van der Waals surface area contributed by atoms with Crippen LogP contribution in [-0.2, 0) is 14.3 Å². The highest BCUT2D eigenvalue weighted by molar-refractivity contribution is 6.57. The third kappa shape index (κ3) is 3.44. The van der Waals surface area contributed by atoms with Crippen LogP contribution in [0.2, 0.25) is 0 Å². The fraction of sp³-hybridized carbons (Fsp3) is 0.875. The first-order valence-electron chi connectivity index (χ1n) is 4.54. The standard InChI is InChI=1S/C8H12Cl2O6/c9-8(10,3-11)7(14)16-5-2-15-6(13)1-4(5)12/h4-6,11-13H,1-3H2/t4-,5+,6-/m1/s1. The van der Waals surface area contributed by atoms with Gasteiger partial charge >= 0.3 is 5.97 Å². The maximum atomic E-state index is 11.3. The number of halogens is 2. The van der Waals surface area contributed by atoms with Crippen molar-refractivity contribution in [1.29, 1.82) is 0 Å². The lowest BCUT2D eigenvalue weighted by Gasteiger charge is -2.31. The second-order valence-electron chi connectivity index (χ2n) is 3.40. The molecule has 0 aliphatic carbocycles. The number of aliphatic hydroxyl groups excluding tert-OH is 3. The third-order valence-electron chi connectivity index (χ3n) is 2.08. The Bertz CT molecular complexity index is 259. The Kier molecular flexibility index (Phi) is 4.78. The highest BCUT2D eigenvalue weighted by Crippen LogP contribution is 2.24. The Labute approximate surface area is 102 Å². The molecule has 8 heteroatoms. The van der Waals surface area contributed by atoms with E-state index in [0.29, 0.717) is 0 Å². The van der Waals surface area contributed by atoms with Crippen LogP contribution < -0.4 is 0 Å². The largest absolute Gasteiger partial charge is 0.455 e. The molecular weight excluding hydrogens is 263 g/mol. The van der Waals surface area contributed by atoms with Crippen LogP contribution in [0.25, 0.3) is 0 Å². The van der Waals surface area contributed by atoms with E-state index in [1.54, 1.807) is 0 Å². The first-order chi connectivity index (χ1) is 7.36. The van der Waals surface area contributed by atoms with Crippen LogP contribution in [-0.4, -0.2) is 57.3 Å². The number of carbonyl (C=O) groups is 1. The molecular formula is C8H12Cl2O6. The molecule has 3 N–H and O–H groups in total. The lowest BCUT2D eigenvalue weighted by Crippen LogP contribution is -2.46. The summed E-state index contributed by atoms with van der Waals surface area (Å²) in [7, 11) is 0. The van der Waals surface area contributed by atoms with Gasteiger partial charge in [0.2, 0.25) is 4.33 Å². The zero-order valence-electron chi connectivity index (χ0n) is 8.18. The van der Waals surface area contributed by atoms with E-state index in [1.807, 2.05) is 0 Å². The number of hydrogen-bond donors (Lipinski definition) is 3. The molecule has 0 aromatic rings. The summed E-state index contributed by atoms with van der Waals surface area (Å²) in [6.45, 7) is -0.968. The predicted molar refractivity (Wildman–Crippen MR) is 54.0 cm³/mol. The van der Waals surface area contributed by atoms with Crippen molar-refractivity contribution in [3.8, 4) is 0 Å². The highest BCUT2D eigenvalue weighted by Gasteiger charge is 2.39. The van der Waals surface area contributed by atoms with Gasteiger partial charge in [0.1, 0.15) is 0 Å². The van der Waals surface area contributed by atoms with Crippen LogP contribution in [0.1, 0.15) is 6.42 Å². The van der Waals surface area contributed by atoms with Gasteiger partial charge in [-0.15, -0.1) is 0 Å². The molecule has 1 heterocycles. The summed E-state index contributed by atoms with van der Waals surface area (Å²) in [6, 6.07) is 0. The maximum Gasteiger partial charge on any atom is 0.345 e. The van der Waals surface area contributed by atoms with Crippen molar-refractivity contribution < 1.29 is 29.6 Å². The zero-order chi connectivity index (χ0) is 12.3. The summed E-state index contributed by atoms with van der Waals surface area (Å²) in [5.74, 6) is -1.07. The minimum absolute atomic E-state index is 0.0748. The molecule has 0 unspecified atom stereocenters. The highest BCUT2D eigenvalue weighted by atomic mass is 35.5. The van der Waals surface area contributed by atoms with Gasteiger partial charge in [0.15, 0.2) is 12.4 Å². The molecule has 94 valence electrons. The molecule has 1 aliphatic rings. The van der Waals surface area contributed by atoms with Crippen molar-refractivity contribution in [2.75, 3.05) is 13.2 Å². The van der Waals surface area contributed by atoms with Gasteiger partial charge in [0, 0.05) is 6.42 Å². The van der Waals surface area contributed by atoms with E-state index in [1.165, 1.54) is 0 Å². The van der Waals surface area contributed by atoms with Gasteiger partial charge in [0.05, 0.1) is 19.3 Å². The van der Waals surface area contributed by atoms with Crippen LogP contribution in [0.15, 0.2) is 0 Å². The first-order valence-corrected chi connectivity index (χ1v) is 5.30. The summed E-state index contributed by atoms with van der Waals surface area (Å²) in [4.78, 5) is 11.3. The molecule has 0 radical (unpaired) electrons. The Balaban J connectivity index is 2.51. The Morgan fingerprint density at radius 3 is 2.62 bits per heavy atom. The van der Waals surface area contributed by atoms with E-state index < -0.39 is 35.4 Å². The van der Waals surface area contributed by atoms with E-state index in [-0.39, 0.29) is 13.0 Å². The number of aliphatic hydroxyl groups is 3. The van der Waals surface area contributed by atoms with Crippen LogP contribution in [0, 0.1) is 0 Å². The van der Waals surface area contributed by atoms with Gasteiger partial charge in [-0.1, -0.05) is 23.2 Å². The van der Waals surface area contributed by atoms with Crippen molar-refractivity contribution in [3.63, 3.8) is 0 Å². The van der Waals surface area contributed by atoms with E-state index in [2.05, 4.69) is 0 Å². The normalized spacial score (nSPS) is 31.2. The molecule has 16 heavy (non-hydrogen) atoms. The molecule has 1 aliphatic heterocycles. The number of alkyl halides is 2. The minimum atomic E-state index is -2.06. The number of hydrogen-bond acceptors (Lipinski definition) is 6. The maximum absolute atomic E-state index is 11.3. The molecule has 0 spiro atoms. The Morgan fingerprint density at radius 1 is 1.50 bits per heavy atom. The number of ether oxygens (including phenoxy) is 2. The van der Waals surface area contributed by atoms with Crippen molar-refractivity contribution in [3.05, 3.63) is 0 Å². The molecule has 0 aromatic carbocycles. The molecule has 6 nitrogen and oxygen atoms in total. The third-order valence-corrected chi connectivity index (χ3v) is 2.63. The second-order valence-corrected chi connectivity index (χ2v) is 4.88. The molecule has 1 saturated heterocycles. The van der Waals surface area contributed by atoms with Crippen molar-refractivity contribution in [2.45, 2.75) is 29.3 Å². The topological polar surface area (TPSA) is 96.2 Å². The molecule has 1 rings (SSSR count). The van der Waals surface area contributed by atoms with Crippen molar-refractivity contribution >= 4 is 29.2 Å². The van der Waals surface area contributed by atoms with Crippen molar-refractivity contribution in [1.82, 2.24) is 0 Å². The first kappa shape index (κ1) is 14.0.